The first-order valence-electron chi connectivity index (χ1n) is 8.18. The number of halogens is 4. The molecule has 1 aromatic heterocycles. The number of likely N-dealkylation sites (N-methyl/N-ethyl adjacent to an activating group) is 1. The van der Waals surface area contributed by atoms with Crippen molar-refractivity contribution in [2.24, 2.45) is 0 Å². The van der Waals surface area contributed by atoms with E-state index >= 15 is 0 Å². The van der Waals surface area contributed by atoms with Crippen LogP contribution >= 0.6 is 11.6 Å². The Hall–Kier alpha value is -1.90. The second kappa shape index (κ2) is 7.77. The molecule has 5 nitrogen and oxygen atoms in total. The first-order valence-corrected chi connectivity index (χ1v) is 8.55. The number of hydrogen-bond donors (Lipinski definition) is 1. The minimum atomic E-state index is -4.55. The number of rotatable bonds is 4. The second-order valence-electron chi connectivity index (χ2n) is 6.28. The van der Waals surface area contributed by atoms with Crippen molar-refractivity contribution in [1.82, 2.24) is 19.8 Å². The van der Waals surface area contributed by atoms with Gasteiger partial charge in [0, 0.05) is 55.2 Å². The van der Waals surface area contributed by atoms with Crippen molar-refractivity contribution in [3.8, 4) is 0 Å². The van der Waals surface area contributed by atoms with Crippen LogP contribution in [-0.4, -0.2) is 53.0 Å². The molecule has 0 bridgehead atoms. The number of hydrogen-bond acceptors (Lipinski definition) is 5. The largest absolute Gasteiger partial charge is 0.433 e. The van der Waals surface area contributed by atoms with E-state index in [2.05, 4.69) is 20.2 Å². The molecule has 0 aliphatic carbocycles. The summed E-state index contributed by atoms with van der Waals surface area (Å²) in [5.41, 5.74) is -0.299. The van der Waals surface area contributed by atoms with E-state index in [0.717, 1.165) is 26.2 Å². The molecular formula is C17H19ClF3N5. The summed E-state index contributed by atoms with van der Waals surface area (Å²) < 4.78 is 40.4. The van der Waals surface area contributed by atoms with Crippen LogP contribution in [0, 0.1) is 0 Å². The molecule has 3 rings (SSSR count). The fraction of sp³-hybridized carbons (Fsp3) is 0.412. The van der Waals surface area contributed by atoms with Crippen molar-refractivity contribution in [3.63, 3.8) is 0 Å². The van der Waals surface area contributed by atoms with Gasteiger partial charge in [0.25, 0.3) is 0 Å². The summed E-state index contributed by atoms with van der Waals surface area (Å²) in [7, 11) is 2.00. The molecule has 1 fully saturated rings. The highest BCUT2D eigenvalue weighted by Crippen LogP contribution is 2.32. The Morgan fingerprint density at radius 3 is 2.58 bits per heavy atom. The Bertz CT molecular complexity index is 760. The molecule has 140 valence electrons. The monoisotopic (exact) mass is 385 g/mol. The van der Waals surface area contributed by atoms with E-state index in [4.69, 9.17) is 11.6 Å². The highest BCUT2D eigenvalue weighted by atomic mass is 35.5. The normalized spacial score (nSPS) is 16.7. The summed E-state index contributed by atoms with van der Waals surface area (Å²) in [6.45, 7) is 3.28. The first kappa shape index (κ1) is 18.9. The molecule has 1 N–H and O–H groups in total. The molecule has 2 aromatic rings. The lowest BCUT2D eigenvalue weighted by Crippen LogP contribution is -2.44. The lowest BCUT2D eigenvalue weighted by Gasteiger charge is -2.32. The van der Waals surface area contributed by atoms with Crippen molar-refractivity contribution in [3.05, 3.63) is 46.7 Å². The van der Waals surface area contributed by atoms with Gasteiger partial charge in [-0.15, -0.1) is 0 Å². The van der Waals surface area contributed by atoms with Crippen molar-refractivity contribution in [1.29, 1.82) is 0 Å². The van der Waals surface area contributed by atoms with Crippen molar-refractivity contribution < 1.29 is 13.2 Å². The van der Waals surface area contributed by atoms with Gasteiger partial charge < -0.3 is 10.2 Å². The molecule has 26 heavy (non-hydrogen) atoms. The predicted octanol–water partition coefficient (Wildman–Crippen LogP) is 3.64. The lowest BCUT2D eigenvalue weighted by atomic mass is 10.2. The predicted molar refractivity (Wildman–Crippen MR) is 94.5 cm³/mol. The van der Waals surface area contributed by atoms with Gasteiger partial charge in [-0.05, 0) is 25.2 Å². The van der Waals surface area contributed by atoms with Gasteiger partial charge in [-0.2, -0.15) is 13.2 Å². The minimum absolute atomic E-state index is 0.0821. The summed E-state index contributed by atoms with van der Waals surface area (Å²) >= 11 is 5.89. The minimum Gasteiger partial charge on any atom is -0.324 e. The van der Waals surface area contributed by atoms with Crippen molar-refractivity contribution in [2.75, 3.05) is 38.5 Å². The van der Waals surface area contributed by atoms with Gasteiger partial charge >= 0.3 is 6.18 Å². The average molecular weight is 386 g/mol. The van der Waals surface area contributed by atoms with Gasteiger partial charge in [-0.3, -0.25) is 4.90 Å². The van der Waals surface area contributed by atoms with E-state index in [1.165, 1.54) is 6.20 Å². The van der Waals surface area contributed by atoms with Gasteiger partial charge in [0.05, 0.1) is 0 Å². The lowest BCUT2D eigenvalue weighted by molar-refractivity contribution is -0.142. The van der Waals surface area contributed by atoms with Crippen LogP contribution < -0.4 is 5.32 Å². The second-order valence-corrected chi connectivity index (χ2v) is 6.72. The van der Waals surface area contributed by atoms with Crippen LogP contribution in [0.3, 0.4) is 0 Å². The molecule has 9 heteroatoms. The van der Waals surface area contributed by atoms with Crippen LogP contribution in [0.5, 0.6) is 0 Å². The van der Waals surface area contributed by atoms with Gasteiger partial charge in [0.2, 0.25) is 5.95 Å². The highest BCUT2D eigenvalue weighted by molar-refractivity contribution is 6.30. The number of piperazine rings is 1. The fourth-order valence-corrected chi connectivity index (χ4v) is 2.96. The quantitative estimate of drug-likeness (QED) is 0.870. The third-order valence-corrected chi connectivity index (χ3v) is 4.44. The third kappa shape index (κ3) is 4.84. The van der Waals surface area contributed by atoms with Crippen molar-refractivity contribution >= 4 is 23.2 Å². The maximum absolute atomic E-state index is 13.5. The Labute approximate surface area is 154 Å². The zero-order valence-electron chi connectivity index (χ0n) is 14.2. The molecule has 0 saturated carbocycles. The fourth-order valence-electron chi connectivity index (χ4n) is 2.77. The number of nitrogens with one attached hydrogen (secondary N) is 1. The van der Waals surface area contributed by atoms with Gasteiger partial charge in [0.15, 0.2) is 5.69 Å². The van der Waals surface area contributed by atoms with E-state index in [1.54, 1.807) is 24.3 Å². The SMILES string of the molecule is CN1CCN(Cc2cnc(Nc3cccc(Cl)c3)nc2C(F)(F)F)CC1. The Morgan fingerprint density at radius 2 is 1.92 bits per heavy atom. The third-order valence-electron chi connectivity index (χ3n) is 4.20. The molecule has 1 aromatic carbocycles. The maximum Gasteiger partial charge on any atom is 0.433 e. The molecule has 0 radical (unpaired) electrons. The van der Waals surface area contributed by atoms with Crippen LogP contribution in [0.4, 0.5) is 24.8 Å². The summed E-state index contributed by atoms with van der Waals surface area (Å²) in [6.07, 6.45) is -3.30. The number of nitrogens with zero attached hydrogens (tertiary/aromatic N) is 4. The van der Waals surface area contributed by atoms with Gasteiger partial charge in [-0.25, -0.2) is 9.97 Å². The Balaban J connectivity index is 1.81. The molecule has 2 heterocycles. The molecule has 0 spiro atoms. The van der Waals surface area contributed by atoms with E-state index in [1.807, 2.05) is 11.9 Å². The molecule has 0 atom stereocenters. The number of alkyl halides is 3. The summed E-state index contributed by atoms with van der Waals surface area (Å²) in [5.74, 6) is -0.110. The Kier molecular flexibility index (Phi) is 5.64. The molecule has 1 aliphatic rings. The Morgan fingerprint density at radius 1 is 1.19 bits per heavy atom. The van der Waals surface area contributed by atoms with E-state index < -0.39 is 11.9 Å². The highest BCUT2D eigenvalue weighted by Gasteiger charge is 2.36. The van der Waals surface area contributed by atoms with E-state index in [0.29, 0.717) is 10.7 Å². The zero-order chi connectivity index (χ0) is 18.7. The number of aromatic nitrogens is 2. The van der Waals surface area contributed by atoms with Crippen molar-refractivity contribution in [2.45, 2.75) is 12.7 Å². The smallest absolute Gasteiger partial charge is 0.324 e. The topological polar surface area (TPSA) is 44.3 Å². The van der Waals surface area contributed by atoms with Crippen LogP contribution in [0.15, 0.2) is 30.5 Å². The van der Waals surface area contributed by atoms with E-state index in [-0.39, 0.29) is 18.1 Å². The van der Waals surface area contributed by atoms with Crippen LogP contribution in [-0.2, 0) is 12.7 Å². The zero-order valence-corrected chi connectivity index (χ0v) is 15.0. The standard InChI is InChI=1S/C17H19ClF3N5/c1-25-5-7-26(8-6-25)11-12-10-22-16(24-15(12)17(19,20)21)23-14-4-2-3-13(18)9-14/h2-4,9-10H,5-8,11H2,1H3,(H,22,23,24). The van der Waals surface area contributed by atoms with Crippen LogP contribution in [0.25, 0.3) is 0 Å². The van der Waals surface area contributed by atoms with Gasteiger partial charge in [-0.1, -0.05) is 17.7 Å². The van der Waals surface area contributed by atoms with E-state index in [9.17, 15) is 13.2 Å². The molecule has 0 unspecified atom stereocenters. The van der Waals surface area contributed by atoms with Crippen LogP contribution in [0.2, 0.25) is 5.02 Å². The molecule has 1 aliphatic heterocycles. The van der Waals surface area contributed by atoms with Crippen LogP contribution in [0.1, 0.15) is 11.3 Å². The summed E-state index contributed by atoms with van der Waals surface area (Å²) in [4.78, 5) is 11.9. The first-order chi connectivity index (χ1) is 12.3. The maximum atomic E-state index is 13.5. The molecule has 1 saturated heterocycles. The number of anilines is 2. The summed E-state index contributed by atoms with van der Waals surface area (Å²) in [6, 6.07) is 6.64. The number of benzene rings is 1. The summed E-state index contributed by atoms with van der Waals surface area (Å²) in [5, 5.41) is 3.24. The molecular weight excluding hydrogens is 367 g/mol. The van der Waals surface area contributed by atoms with Gasteiger partial charge in [0.1, 0.15) is 0 Å². The molecule has 0 amide bonds. The average Bonchev–Trinajstić information content (AvgIpc) is 2.57.